The Kier molecular flexibility index (Phi) is 6.19. The Balaban J connectivity index is 0.783. The highest BCUT2D eigenvalue weighted by molar-refractivity contribution is 7.21. The van der Waals surface area contributed by atoms with Gasteiger partial charge in [0, 0.05) is 11.1 Å². The number of methoxy groups -OCH3 is 1. The number of hydrogen-bond acceptors (Lipinski definition) is 9. The molecule has 13 rings (SSSR count). The first-order valence-electron chi connectivity index (χ1n) is 18.4. The average Bonchev–Trinajstić information content (AvgIpc) is 3.53. The lowest BCUT2D eigenvalue weighted by Gasteiger charge is -2.77. The minimum absolute atomic E-state index is 0.00110. The first kappa shape index (κ1) is 29.3. The van der Waals surface area contributed by atoms with E-state index in [0.29, 0.717) is 35.2 Å². The molecule has 9 fully saturated rings. The molecule has 2 unspecified atom stereocenters. The molecule has 8 aliphatic carbocycles. The van der Waals surface area contributed by atoms with Crippen LogP contribution in [-0.2, 0) is 25.9 Å². The summed E-state index contributed by atoms with van der Waals surface area (Å²) in [5.41, 5.74) is 3.77. The Bertz CT molecular complexity index is 1930. The Labute approximate surface area is 289 Å². The van der Waals surface area contributed by atoms with Crippen LogP contribution in [0.4, 0.5) is 0 Å². The quantitative estimate of drug-likeness (QED) is 0.149. The van der Waals surface area contributed by atoms with Crippen molar-refractivity contribution in [2.45, 2.75) is 82.0 Å². The maximum Gasteiger partial charge on any atom is 0.312 e. The standard InChI is InChI=1S/C40H41N3O5S/c1-45-32-8-6-26(7-9-32)33-20-41-34-36(42-33)49-35(43-34)27-4-2-22(3-5-27)21-46-37(44)38-17-25-15-30(18-38)40(31(16-25)19-38)39(47-48-40)28-11-23-10-24(13-28)14-29(39)12-23/h2-9,20,23-25,28-31H,10-19,21H2,1H3. The summed E-state index contributed by atoms with van der Waals surface area (Å²) in [6.07, 6.45) is 13.6. The second kappa shape index (κ2) is 10.3. The van der Waals surface area contributed by atoms with Crippen molar-refractivity contribution in [1.82, 2.24) is 15.0 Å². The number of fused-ring (bicyclic) bond motifs is 1. The van der Waals surface area contributed by atoms with E-state index in [2.05, 4.69) is 17.1 Å². The summed E-state index contributed by atoms with van der Waals surface area (Å²) in [4.78, 5) is 41.9. The van der Waals surface area contributed by atoms with E-state index >= 15 is 0 Å². The minimum atomic E-state index is -0.376. The van der Waals surface area contributed by atoms with Crippen LogP contribution >= 0.6 is 11.3 Å². The van der Waals surface area contributed by atoms with Crippen molar-refractivity contribution in [2.75, 3.05) is 7.11 Å². The predicted octanol–water partition coefficient (Wildman–Crippen LogP) is 8.19. The number of aromatic nitrogens is 3. The van der Waals surface area contributed by atoms with E-state index in [-0.39, 0.29) is 29.2 Å². The number of nitrogens with zero attached hydrogens (tertiary/aromatic N) is 3. The van der Waals surface area contributed by atoms with Crippen molar-refractivity contribution < 1.29 is 24.0 Å². The summed E-state index contributed by atoms with van der Waals surface area (Å²) in [6, 6.07) is 16.0. The van der Waals surface area contributed by atoms with Crippen LogP contribution in [0.25, 0.3) is 32.3 Å². The Morgan fingerprint density at radius 1 is 0.776 bits per heavy atom. The second-order valence-electron chi connectivity index (χ2n) is 16.6. The van der Waals surface area contributed by atoms with E-state index in [0.717, 1.165) is 69.1 Å². The molecule has 9 heteroatoms. The molecule has 2 aromatic heterocycles. The van der Waals surface area contributed by atoms with Gasteiger partial charge in [0.2, 0.25) is 0 Å². The van der Waals surface area contributed by atoms with Crippen LogP contribution in [0.5, 0.6) is 5.75 Å². The summed E-state index contributed by atoms with van der Waals surface area (Å²) in [6.45, 7) is 0.288. The van der Waals surface area contributed by atoms with Crippen molar-refractivity contribution in [3.05, 3.63) is 60.3 Å². The highest BCUT2D eigenvalue weighted by Gasteiger charge is 2.82. The molecular formula is C40H41N3O5S. The van der Waals surface area contributed by atoms with E-state index in [4.69, 9.17) is 29.2 Å². The molecule has 0 N–H and O–H groups in total. The molecule has 8 bridgehead atoms. The molecule has 1 aliphatic heterocycles. The van der Waals surface area contributed by atoms with Gasteiger partial charge in [-0.1, -0.05) is 35.6 Å². The lowest BCUT2D eigenvalue weighted by Crippen LogP contribution is -2.85. The molecule has 4 aromatic rings. The highest BCUT2D eigenvalue weighted by atomic mass is 32.1. The van der Waals surface area contributed by atoms with Gasteiger partial charge in [-0.15, -0.1) is 0 Å². The van der Waals surface area contributed by atoms with Gasteiger partial charge in [0.05, 0.1) is 24.4 Å². The molecule has 1 saturated heterocycles. The molecule has 9 aliphatic rings. The number of ether oxygens (including phenoxy) is 2. The fourth-order valence-electron chi connectivity index (χ4n) is 12.7. The molecule has 8 nitrogen and oxygen atoms in total. The fourth-order valence-corrected chi connectivity index (χ4v) is 13.6. The van der Waals surface area contributed by atoms with Crippen LogP contribution in [0.15, 0.2) is 54.7 Å². The van der Waals surface area contributed by atoms with E-state index in [1.165, 1.54) is 56.3 Å². The molecule has 252 valence electrons. The molecular weight excluding hydrogens is 635 g/mol. The van der Waals surface area contributed by atoms with Gasteiger partial charge < -0.3 is 9.47 Å². The van der Waals surface area contributed by atoms with Crippen LogP contribution in [0, 0.1) is 46.8 Å². The van der Waals surface area contributed by atoms with Gasteiger partial charge in [0.1, 0.15) is 28.6 Å². The van der Waals surface area contributed by atoms with Crippen molar-refractivity contribution in [2.24, 2.45) is 46.8 Å². The molecule has 2 aromatic carbocycles. The number of thiazole rings is 1. The maximum absolute atomic E-state index is 14.0. The van der Waals surface area contributed by atoms with Gasteiger partial charge in [0.15, 0.2) is 10.5 Å². The number of carbonyl (C=O) groups is 1. The molecule has 0 amide bonds. The van der Waals surface area contributed by atoms with Gasteiger partial charge >= 0.3 is 5.97 Å². The Hall–Kier alpha value is -3.40. The van der Waals surface area contributed by atoms with Crippen LogP contribution in [-0.4, -0.2) is 39.2 Å². The topological polar surface area (TPSA) is 92.7 Å². The lowest BCUT2D eigenvalue weighted by molar-refractivity contribution is -0.615. The predicted molar refractivity (Wildman–Crippen MR) is 183 cm³/mol. The van der Waals surface area contributed by atoms with E-state index in [1.807, 2.05) is 36.4 Å². The molecule has 2 spiro atoms. The van der Waals surface area contributed by atoms with E-state index < -0.39 is 0 Å². The van der Waals surface area contributed by atoms with Crippen LogP contribution in [0.2, 0.25) is 0 Å². The molecule has 8 saturated carbocycles. The summed E-state index contributed by atoms with van der Waals surface area (Å²) >= 11 is 1.53. The van der Waals surface area contributed by atoms with Gasteiger partial charge in [0.25, 0.3) is 0 Å². The number of esters is 1. The average molecular weight is 676 g/mol. The van der Waals surface area contributed by atoms with Gasteiger partial charge in [-0.3, -0.25) is 4.79 Å². The van der Waals surface area contributed by atoms with Gasteiger partial charge in [-0.2, -0.15) is 0 Å². The first-order valence-corrected chi connectivity index (χ1v) is 19.2. The summed E-state index contributed by atoms with van der Waals surface area (Å²) in [5, 5.41) is 0.868. The highest BCUT2D eigenvalue weighted by Crippen LogP contribution is 2.77. The summed E-state index contributed by atoms with van der Waals surface area (Å²) in [7, 11) is 1.66. The number of benzene rings is 2. The van der Waals surface area contributed by atoms with Gasteiger partial charge in [-0.25, -0.2) is 24.7 Å². The van der Waals surface area contributed by atoms with Crippen molar-refractivity contribution in [1.29, 1.82) is 0 Å². The third-order valence-corrected chi connectivity index (χ3v) is 15.2. The zero-order valence-corrected chi connectivity index (χ0v) is 28.6. The first-order chi connectivity index (χ1) is 23.9. The SMILES string of the molecule is COc1ccc(-c2cnc3nc(-c4ccc(COC(=O)C56CC7CC(C5)C5(OOC58C5CC9CC(C5)CC8C9)C(C7)C6)cc4)sc3n2)cc1. The zero-order chi connectivity index (χ0) is 32.5. The van der Waals surface area contributed by atoms with Gasteiger partial charge in [-0.05, 0) is 135 Å². The summed E-state index contributed by atoms with van der Waals surface area (Å²) in [5.74, 6) is 5.30. The Morgan fingerprint density at radius 3 is 2.06 bits per heavy atom. The van der Waals surface area contributed by atoms with Crippen LogP contribution in [0.3, 0.4) is 0 Å². The van der Waals surface area contributed by atoms with Crippen molar-refractivity contribution in [3.8, 4) is 27.6 Å². The largest absolute Gasteiger partial charge is 0.497 e. The number of rotatable bonds is 6. The van der Waals surface area contributed by atoms with E-state index in [9.17, 15) is 4.79 Å². The number of hydrogen-bond donors (Lipinski definition) is 0. The smallest absolute Gasteiger partial charge is 0.312 e. The molecule has 3 heterocycles. The summed E-state index contributed by atoms with van der Waals surface area (Å²) < 4.78 is 11.5. The zero-order valence-electron chi connectivity index (χ0n) is 27.8. The van der Waals surface area contributed by atoms with Crippen molar-refractivity contribution >= 4 is 27.8 Å². The lowest BCUT2D eigenvalue weighted by atomic mass is 9.35. The molecule has 0 radical (unpaired) electrons. The monoisotopic (exact) mass is 675 g/mol. The minimum Gasteiger partial charge on any atom is -0.497 e. The third kappa shape index (κ3) is 4.04. The molecule has 2 atom stereocenters. The maximum atomic E-state index is 14.0. The normalized spacial score (nSPS) is 39.2. The van der Waals surface area contributed by atoms with E-state index in [1.54, 1.807) is 13.3 Å². The fraction of sp³-hybridized carbons (Fsp3) is 0.550. The second-order valence-corrected chi connectivity index (χ2v) is 17.6. The van der Waals surface area contributed by atoms with Crippen LogP contribution in [0.1, 0.15) is 69.8 Å². The number of carbonyl (C=O) groups excluding carboxylic acids is 1. The third-order valence-electron chi connectivity index (χ3n) is 14.2. The van der Waals surface area contributed by atoms with Crippen LogP contribution < -0.4 is 4.74 Å². The Morgan fingerprint density at radius 2 is 1.41 bits per heavy atom. The molecule has 49 heavy (non-hydrogen) atoms. The van der Waals surface area contributed by atoms with Crippen molar-refractivity contribution in [3.63, 3.8) is 0 Å².